The fourth-order valence-electron chi connectivity index (χ4n) is 2.15. The first-order valence-electron chi connectivity index (χ1n) is 6.44. The van der Waals surface area contributed by atoms with Gasteiger partial charge in [0.15, 0.2) is 0 Å². The summed E-state index contributed by atoms with van der Waals surface area (Å²) in [7, 11) is -2.36. The van der Waals surface area contributed by atoms with Gasteiger partial charge in [0.05, 0.1) is 17.6 Å². The highest BCUT2D eigenvalue weighted by Crippen LogP contribution is 2.14. The van der Waals surface area contributed by atoms with Crippen molar-refractivity contribution in [2.24, 2.45) is 0 Å². The summed E-state index contributed by atoms with van der Waals surface area (Å²) in [5, 5.41) is 3.15. The molecule has 0 unspecified atom stereocenters. The highest BCUT2D eigenvalue weighted by Gasteiger charge is 2.22. The van der Waals surface area contributed by atoms with Crippen LogP contribution in [-0.4, -0.2) is 40.6 Å². The number of carbonyl (C=O) groups excluding carboxylic acids is 1. The molecule has 0 saturated carbocycles. The third kappa shape index (κ3) is 4.67. The van der Waals surface area contributed by atoms with Crippen LogP contribution in [0.25, 0.3) is 0 Å². The van der Waals surface area contributed by atoms with Gasteiger partial charge >= 0.3 is 5.97 Å². The Labute approximate surface area is 130 Å². The van der Waals surface area contributed by atoms with Gasteiger partial charge in [0.25, 0.3) is 0 Å². The van der Waals surface area contributed by atoms with Crippen molar-refractivity contribution in [1.29, 1.82) is 0 Å². The van der Waals surface area contributed by atoms with E-state index in [9.17, 15) is 13.2 Å². The molecule has 1 fully saturated rings. The molecule has 1 heterocycles. The van der Waals surface area contributed by atoms with Crippen molar-refractivity contribution in [3.63, 3.8) is 0 Å². The highest BCUT2D eigenvalue weighted by molar-refractivity contribution is 7.89. The number of hydrogen-bond donors (Lipinski definition) is 2. The lowest BCUT2D eigenvalue weighted by atomic mass is 10.1. The number of esters is 1. The zero-order valence-corrected chi connectivity index (χ0v) is 13.3. The summed E-state index contributed by atoms with van der Waals surface area (Å²) >= 11 is 0. The summed E-state index contributed by atoms with van der Waals surface area (Å²) in [6.07, 6.45) is 1.75. The van der Waals surface area contributed by atoms with E-state index in [0.29, 0.717) is 6.54 Å². The maximum Gasteiger partial charge on any atom is 0.337 e. The maximum atomic E-state index is 12.3. The van der Waals surface area contributed by atoms with Crippen LogP contribution in [0.15, 0.2) is 29.2 Å². The van der Waals surface area contributed by atoms with Crippen LogP contribution >= 0.6 is 12.4 Å². The molecule has 2 N–H and O–H groups in total. The van der Waals surface area contributed by atoms with E-state index in [-0.39, 0.29) is 28.9 Å². The number of rotatable bonds is 4. The van der Waals surface area contributed by atoms with E-state index in [2.05, 4.69) is 14.8 Å². The highest BCUT2D eigenvalue weighted by atomic mass is 35.5. The SMILES string of the molecule is COC(=O)c1cccc(S(=O)(=O)N[C@H]2CCCNC2)c1.Cl. The third-order valence-corrected chi connectivity index (χ3v) is 4.70. The molecule has 1 aromatic carbocycles. The molecule has 2 rings (SSSR count). The molecule has 1 aliphatic rings. The number of nitrogens with one attached hydrogen (secondary N) is 2. The van der Waals surface area contributed by atoms with Crippen LogP contribution in [0.4, 0.5) is 0 Å². The Hall–Kier alpha value is -1.15. The summed E-state index contributed by atoms with van der Waals surface area (Å²) in [6, 6.07) is 5.72. The topological polar surface area (TPSA) is 84.5 Å². The largest absolute Gasteiger partial charge is 0.465 e. The predicted octanol–water partition coefficient (Wildman–Crippen LogP) is 0.925. The van der Waals surface area contributed by atoms with Gasteiger partial charge in [-0.05, 0) is 37.6 Å². The van der Waals surface area contributed by atoms with Gasteiger partial charge in [-0.25, -0.2) is 17.9 Å². The van der Waals surface area contributed by atoms with Gasteiger partial charge in [0, 0.05) is 12.6 Å². The van der Waals surface area contributed by atoms with Gasteiger partial charge in [-0.15, -0.1) is 12.4 Å². The number of benzene rings is 1. The molecule has 1 aromatic rings. The summed E-state index contributed by atoms with van der Waals surface area (Å²) in [5.74, 6) is -0.554. The molecular weight excluding hydrogens is 316 g/mol. The van der Waals surface area contributed by atoms with E-state index in [1.54, 1.807) is 0 Å². The van der Waals surface area contributed by atoms with Gasteiger partial charge in [-0.2, -0.15) is 0 Å². The molecule has 0 bridgehead atoms. The molecule has 1 atom stereocenters. The average molecular weight is 335 g/mol. The quantitative estimate of drug-likeness (QED) is 0.800. The van der Waals surface area contributed by atoms with Gasteiger partial charge in [-0.1, -0.05) is 6.07 Å². The van der Waals surface area contributed by atoms with E-state index in [1.807, 2.05) is 0 Å². The summed E-state index contributed by atoms with van der Waals surface area (Å²) in [6.45, 7) is 1.53. The Bertz CT molecular complexity index is 586. The number of hydrogen-bond acceptors (Lipinski definition) is 5. The first-order chi connectivity index (χ1) is 9.53. The smallest absolute Gasteiger partial charge is 0.337 e. The van der Waals surface area contributed by atoms with Gasteiger partial charge in [0.2, 0.25) is 10.0 Å². The van der Waals surface area contributed by atoms with Crippen LogP contribution in [0.3, 0.4) is 0 Å². The predicted molar refractivity (Wildman–Crippen MR) is 81.2 cm³/mol. The average Bonchev–Trinajstić information content (AvgIpc) is 2.47. The zero-order valence-electron chi connectivity index (χ0n) is 11.7. The van der Waals surface area contributed by atoms with Crippen molar-refractivity contribution < 1.29 is 17.9 Å². The van der Waals surface area contributed by atoms with E-state index < -0.39 is 16.0 Å². The summed E-state index contributed by atoms with van der Waals surface area (Å²) in [5.41, 5.74) is 0.220. The molecule has 0 aliphatic carbocycles. The molecular formula is C13H19ClN2O4S. The third-order valence-electron chi connectivity index (χ3n) is 3.18. The summed E-state index contributed by atoms with van der Waals surface area (Å²) in [4.78, 5) is 11.5. The van der Waals surface area contributed by atoms with Gasteiger partial charge in [0.1, 0.15) is 0 Å². The van der Waals surface area contributed by atoms with Crippen LogP contribution in [0.2, 0.25) is 0 Å². The molecule has 0 radical (unpaired) electrons. The minimum atomic E-state index is -3.62. The molecule has 0 amide bonds. The standard InChI is InChI=1S/C13H18N2O4S.ClH/c1-19-13(16)10-4-2-6-12(8-10)20(17,18)15-11-5-3-7-14-9-11;/h2,4,6,8,11,14-15H,3,5,7,9H2,1H3;1H/t11-;/m0./s1. The second-order valence-electron chi connectivity index (χ2n) is 4.68. The van der Waals surface area contributed by atoms with E-state index in [4.69, 9.17) is 0 Å². The number of methoxy groups -OCH3 is 1. The maximum absolute atomic E-state index is 12.3. The van der Waals surface area contributed by atoms with E-state index in [1.165, 1.54) is 31.4 Å². The molecule has 1 saturated heterocycles. The van der Waals surface area contributed by atoms with Gasteiger partial charge < -0.3 is 10.1 Å². The van der Waals surface area contributed by atoms with Crippen molar-refractivity contribution in [1.82, 2.24) is 10.0 Å². The van der Waals surface area contributed by atoms with Crippen molar-refractivity contribution >= 4 is 28.4 Å². The number of piperidine rings is 1. The number of sulfonamides is 1. The Balaban J connectivity index is 0.00000220. The Morgan fingerprint density at radius 2 is 2.19 bits per heavy atom. The lowest BCUT2D eigenvalue weighted by Gasteiger charge is -2.23. The minimum absolute atomic E-state index is 0. The van der Waals surface area contributed by atoms with Crippen LogP contribution in [0, 0.1) is 0 Å². The van der Waals surface area contributed by atoms with Crippen molar-refractivity contribution in [2.75, 3.05) is 20.2 Å². The van der Waals surface area contributed by atoms with Crippen molar-refractivity contribution in [3.8, 4) is 0 Å². The molecule has 118 valence electrons. The fraction of sp³-hybridized carbons (Fsp3) is 0.462. The normalized spacial score (nSPS) is 18.6. The number of halogens is 1. The Kier molecular flexibility index (Phi) is 6.60. The summed E-state index contributed by atoms with van der Waals surface area (Å²) < 4.78 is 31.8. The Morgan fingerprint density at radius 3 is 2.81 bits per heavy atom. The lowest BCUT2D eigenvalue weighted by Crippen LogP contribution is -2.45. The van der Waals surface area contributed by atoms with E-state index >= 15 is 0 Å². The van der Waals surface area contributed by atoms with Crippen LogP contribution in [0.5, 0.6) is 0 Å². The van der Waals surface area contributed by atoms with Crippen molar-refractivity contribution in [2.45, 2.75) is 23.8 Å². The molecule has 0 spiro atoms. The first-order valence-corrected chi connectivity index (χ1v) is 7.92. The monoisotopic (exact) mass is 334 g/mol. The van der Waals surface area contributed by atoms with Crippen LogP contribution in [0.1, 0.15) is 23.2 Å². The van der Waals surface area contributed by atoms with Crippen LogP contribution < -0.4 is 10.0 Å². The zero-order chi connectivity index (χ0) is 14.6. The second kappa shape index (κ2) is 7.74. The van der Waals surface area contributed by atoms with E-state index in [0.717, 1.165) is 19.4 Å². The first kappa shape index (κ1) is 17.9. The number of carbonyl (C=O) groups is 1. The number of ether oxygens (including phenoxy) is 1. The van der Waals surface area contributed by atoms with Crippen LogP contribution in [-0.2, 0) is 14.8 Å². The van der Waals surface area contributed by atoms with Gasteiger partial charge in [-0.3, -0.25) is 0 Å². The molecule has 6 nitrogen and oxygen atoms in total. The second-order valence-corrected chi connectivity index (χ2v) is 6.40. The molecule has 0 aromatic heterocycles. The lowest BCUT2D eigenvalue weighted by molar-refractivity contribution is 0.0600. The Morgan fingerprint density at radius 1 is 1.43 bits per heavy atom. The van der Waals surface area contributed by atoms with Crippen molar-refractivity contribution in [3.05, 3.63) is 29.8 Å². The molecule has 21 heavy (non-hydrogen) atoms. The minimum Gasteiger partial charge on any atom is -0.465 e. The molecule has 1 aliphatic heterocycles. The molecule has 8 heteroatoms. The fourth-order valence-corrected chi connectivity index (χ4v) is 3.46.